The number of amides is 1. The van der Waals surface area contributed by atoms with Crippen LogP contribution < -0.4 is 11.1 Å². The third kappa shape index (κ3) is 6.70. The number of nitrogens with two attached hydrogens (primary N) is 1. The standard InChI is InChI=1S/C37H41N9O3/c1-23(2)35-34-33(44-20-32(40-22-44)26-18-41-45(19-26)24(3)49-21-25-7-5-4-6-8-25)15-16-39-37(34)46(43-35)28-11-14-30(36(38)48)31(17-28)42-27-9-12-29(47)13-10-27/h4-8,11,14-20,22-24,27,29,42,47H,9-10,12-13,21H2,1-3H3,(H2,38,48). The molecule has 2 aromatic carbocycles. The highest BCUT2D eigenvalue weighted by atomic mass is 16.5. The highest BCUT2D eigenvalue weighted by Gasteiger charge is 2.24. The molecule has 4 N–H and O–H groups in total. The van der Waals surface area contributed by atoms with Crippen LogP contribution in [0.3, 0.4) is 0 Å². The van der Waals surface area contributed by atoms with Gasteiger partial charge in [0, 0.05) is 35.9 Å². The van der Waals surface area contributed by atoms with E-state index >= 15 is 0 Å². The number of ether oxygens (including phenoxy) is 1. The van der Waals surface area contributed by atoms with E-state index in [0.717, 1.165) is 65.0 Å². The van der Waals surface area contributed by atoms with Crippen LogP contribution in [0.2, 0.25) is 0 Å². The third-order valence-corrected chi connectivity index (χ3v) is 9.15. The number of aromatic nitrogens is 7. The van der Waals surface area contributed by atoms with E-state index in [1.807, 2.05) is 77.1 Å². The van der Waals surface area contributed by atoms with E-state index in [0.29, 0.717) is 23.5 Å². The Morgan fingerprint density at radius 2 is 1.84 bits per heavy atom. The van der Waals surface area contributed by atoms with Crippen molar-refractivity contribution in [3.8, 4) is 22.6 Å². The summed E-state index contributed by atoms with van der Waals surface area (Å²) in [6.45, 7) is 6.68. The zero-order valence-corrected chi connectivity index (χ0v) is 27.9. The lowest BCUT2D eigenvalue weighted by molar-refractivity contribution is -0.00406. The van der Waals surface area contributed by atoms with E-state index in [1.54, 1.807) is 29.5 Å². The highest BCUT2D eigenvalue weighted by molar-refractivity contribution is 5.99. The molecule has 7 rings (SSSR count). The number of nitrogens with zero attached hydrogens (tertiary/aromatic N) is 7. The van der Waals surface area contributed by atoms with Gasteiger partial charge in [0.15, 0.2) is 5.65 Å². The first-order chi connectivity index (χ1) is 23.7. The van der Waals surface area contributed by atoms with Gasteiger partial charge in [-0.3, -0.25) is 4.79 Å². The fourth-order valence-corrected chi connectivity index (χ4v) is 6.43. The number of hydrogen-bond donors (Lipinski definition) is 3. The zero-order valence-electron chi connectivity index (χ0n) is 27.9. The normalized spacial score (nSPS) is 17.1. The maximum atomic E-state index is 12.4. The van der Waals surface area contributed by atoms with Gasteiger partial charge in [0.05, 0.1) is 58.9 Å². The number of aliphatic hydroxyl groups excluding tert-OH is 1. The summed E-state index contributed by atoms with van der Waals surface area (Å²) in [5.41, 5.74) is 12.8. The number of aliphatic hydroxyl groups is 1. The van der Waals surface area contributed by atoms with Crippen molar-refractivity contribution in [2.45, 2.75) is 77.4 Å². The lowest BCUT2D eigenvalue weighted by Gasteiger charge is -2.27. The highest BCUT2D eigenvalue weighted by Crippen LogP contribution is 2.33. The number of primary amides is 1. The van der Waals surface area contributed by atoms with Crippen LogP contribution in [0.1, 0.15) is 80.2 Å². The first-order valence-electron chi connectivity index (χ1n) is 16.8. The van der Waals surface area contributed by atoms with E-state index in [2.05, 4.69) is 24.3 Å². The quantitative estimate of drug-likeness (QED) is 0.150. The topological polar surface area (TPSA) is 151 Å². The fourth-order valence-electron chi connectivity index (χ4n) is 6.43. The Bertz CT molecular complexity index is 2070. The molecule has 6 aromatic rings. The summed E-state index contributed by atoms with van der Waals surface area (Å²) < 4.78 is 11.7. The minimum atomic E-state index is -0.505. The monoisotopic (exact) mass is 659 g/mol. The van der Waals surface area contributed by atoms with Crippen LogP contribution in [0, 0.1) is 0 Å². The lowest BCUT2D eigenvalue weighted by atomic mass is 9.92. The fraction of sp³-hybridized carbons (Fsp3) is 0.324. The summed E-state index contributed by atoms with van der Waals surface area (Å²) in [5.74, 6) is -0.407. The second-order valence-corrected chi connectivity index (χ2v) is 13.0. The van der Waals surface area contributed by atoms with E-state index in [9.17, 15) is 9.90 Å². The SMILES string of the molecule is CC(C)c1nn(-c2ccc(C(N)=O)c(NC3CCC(O)CC3)c2)c2nccc(-n3cnc(-c4cnn(C(C)OCc5ccccc5)c4)c3)c12. The molecule has 0 spiro atoms. The van der Waals surface area contributed by atoms with Gasteiger partial charge in [-0.05, 0) is 68.4 Å². The third-order valence-electron chi connectivity index (χ3n) is 9.15. The van der Waals surface area contributed by atoms with Crippen LogP contribution in [0.25, 0.3) is 33.7 Å². The summed E-state index contributed by atoms with van der Waals surface area (Å²) in [4.78, 5) is 21.9. The van der Waals surface area contributed by atoms with Crippen molar-refractivity contribution in [1.29, 1.82) is 0 Å². The number of nitrogens with one attached hydrogen (secondary N) is 1. The van der Waals surface area contributed by atoms with Crippen molar-refractivity contribution in [3.05, 3.63) is 103 Å². The van der Waals surface area contributed by atoms with Crippen molar-refractivity contribution < 1.29 is 14.6 Å². The molecule has 252 valence electrons. The first kappa shape index (κ1) is 32.2. The Morgan fingerprint density at radius 3 is 2.59 bits per heavy atom. The van der Waals surface area contributed by atoms with Gasteiger partial charge in [0.1, 0.15) is 6.23 Å². The molecule has 12 nitrogen and oxygen atoms in total. The van der Waals surface area contributed by atoms with Gasteiger partial charge in [0.2, 0.25) is 0 Å². The molecule has 1 aliphatic rings. The Kier molecular flexibility index (Phi) is 8.98. The molecule has 49 heavy (non-hydrogen) atoms. The molecule has 12 heteroatoms. The first-order valence-corrected chi connectivity index (χ1v) is 16.8. The van der Waals surface area contributed by atoms with Crippen LogP contribution >= 0.6 is 0 Å². The van der Waals surface area contributed by atoms with Crippen LogP contribution in [0.5, 0.6) is 0 Å². The summed E-state index contributed by atoms with van der Waals surface area (Å²) in [6.07, 6.45) is 11.8. The summed E-state index contributed by atoms with van der Waals surface area (Å²) in [7, 11) is 0. The Labute approximate surface area is 284 Å². The molecule has 4 heterocycles. The van der Waals surface area contributed by atoms with E-state index in [1.165, 1.54) is 0 Å². The van der Waals surface area contributed by atoms with Crippen LogP contribution in [-0.2, 0) is 11.3 Å². The number of carbonyl (C=O) groups excluding carboxylic acids is 1. The largest absolute Gasteiger partial charge is 0.393 e. The second-order valence-electron chi connectivity index (χ2n) is 13.0. The number of carbonyl (C=O) groups is 1. The van der Waals surface area contributed by atoms with Crippen LogP contribution in [-0.4, -0.2) is 57.3 Å². The molecule has 1 atom stereocenters. The molecule has 4 aromatic heterocycles. The predicted octanol–water partition coefficient (Wildman–Crippen LogP) is 6.14. The predicted molar refractivity (Wildman–Crippen MR) is 188 cm³/mol. The van der Waals surface area contributed by atoms with E-state index in [-0.39, 0.29) is 24.3 Å². The summed E-state index contributed by atoms with van der Waals surface area (Å²) in [6, 6.07) is 17.7. The number of benzene rings is 2. The number of fused-ring (bicyclic) bond motifs is 1. The average molecular weight is 660 g/mol. The maximum Gasteiger partial charge on any atom is 0.250 e. The second kappa shape index (κ2) is 13.7. The number of rotatable bonds is 11. The van der Waals surface area contributed by atoms with E-state index < -0.39 is 5.91 Å². The van der Waals surface area contributed by atoms with Gasteiger partial charge in [-0.1, -0.05) is 44.2 Å². The Balaban J connectivity index is 1.19. The molecule has 0 saturated heterocycles. The van der Waals surface area contributed by atoms with Gasteiger partial charge in [-0.25, -0.2) is 19.3 Å². The molecule has 1 amide bonds. The maximum absolute atomic E-state index is 12.4. The van der Waals surface area contributed by atoms with Crippen LogP contribution in [0.15, 0.2) is 85.7 Å². The summed E-state index contributed by atoms with van der Waals surface area (Å²) >= 11 is 0. The van der Waals surface area contributed by atoms with Gasteiger partial charge in [-0.15, -0.1) is 0 Å². The number of hydrogen-bond acceptors (Lipinski definition) is 8. The van der Waals surface area contributed by atoms with Crippen LogP contribution in [0.4, 0.5) is 5.69 Å². The van der Waals surface area contributed by atoms with Gasteiger partial charge in [0.25, 0.3) is 5.91 Å². The summed E-state index contributed by atoms with van der Waals surface area (Å²) in [5, 5.41) is 24.0. The van der Waals surface area contributed by atoms with Gasteiger partial charge in [-0.2, -0.15) is 10.2 Å². The molecule has 0 bridgehead atoms. The van der Waals surface area contributed by atoms with Crippen molar-refractivity contribution in [2.24, 2.45) is 5.73 Å². The lowest BCUT2D eigenvalue weighted by Crippen LogP contribution is -2.29. The molecule has 0 aliphatic heterocycles. The molecule has 1 fully saturated rings. The van der Waals surface area contributed by atoms with E-state index in [4.69, 9.17) is 25.5 Å². The van der Waals surface area contributed by atoms with Crippen molar-refractivity contribution in [2.75, 3.05) is 5.32 Å². The number of anilines is 1. The van der Waals surface area contributed by atoms with Gasteiger partial charge >= 0.3 is 0 Å². The van der Waals surface area contributed by atoms with Gasteiger partial charge < -0.3 is 25.5 Å². The molecular weight excluding hydrogens is 618 g/mol. The molecule has 1 unspecified atom stereocenters. The Morgan fingerprint density at radius 1 is 1.04 bits per heavy atom. The van der Waals surface area contributed by atoms with Crippen molar-refractivity contribution >= 4 is 22.6 Å². The van der Waals surface area contributed by atoms with Crippen molar-refractivity contribution in [1.82, 2.24) is 34.1 Å². The molecule has 0 radical (unpaired) electrons. The Hall–Kier alpha value is -5.33. The average Bonchev–Trinajstić information content (AvgIpc) is 3.88. The minimum absolute atomic E-state index is 0.0986. The number of pyridine rings is 1. The van der Waals surface area contributed by atoms with Crippen molar-refractivity contribution in [3.63, 3.8) is 0 Å². The minimum Gasteiger partial charge on any atom is -0.393 e. The molecule has 1 saturated carbocycles. The molecule has 1 aliphatic carbocycles. The number of imidazole rings is 1. The zero-order chi connectivity index (χ0) is 34.1. The smallest absolute Gasteiger partial charge is 0.250 e. The molecular formula is C37H41N9O3.